The van der Waals surface area contributed by atoms with Crippen molar-refractivity contribution in [2.75, 3.05) is 5.75 Å². The van der Waals surface area contributed by atoms with Crippen LogP contribution in [-0.4, -0.2) is 5.75 Å². The lowest BCUT2D eigenvalue weighted by atomic mass is 10.1. The van der Waals surface area contributed by atoms with Gasteiger partial charge >= 0.3 is 0 Å². The molecule has 1 aromatic rings. The molecule has 0 bridgehead atoms. The molecule has 1 rings (SSSR count). The molecule has 0 aliphatic carbocycles. The van der Waals surface area contributed by atoms with E-state index in [0.29, 0.717) is 0 Å². The van der Waals surface area contributed by atoms with E-state index in [1.807, 2.05) is 24.1 Å². The second-order valence-corrected chi connectivity index (χ2v) is 4.74. The van der Waals surface area contributed by atoms with Crippen LogP contribution in [-0.2, 0) is 0 Å². The molecule has 0 radical (unpaired) electrons. The first-order valence-corrected chi connectivity index (χ1v) is 6.57. The first kappa shape index (κ1) is 11.7. The average Bonchev–Trinajstić information content (AvgIpc) is 2.69. The molecule has 0 fully saturated rings. The van der Waals surface area contributed by atoms with Crippen LogP contribution in [0.25, 0.3) is 0 Å². The minimum atomic E-state index is 1.23. The number of furan rings is 1. The predicted molar refractivity (Wildman–Crippen MR) is 62.8 cm³/mol. The fourth-order valence-corrected chi connectivity index (χ4v) is 2.27. The summed E-state index contributed by atoms with van der Waals surface area (Å²) in [7, 11) is 0. The minimum absolute atomic E-state index is 1.23. The van der Waals surface area contributed by atoms with E-state index in [9.17, 15) is 0 Å². The molecule has 0 aliphatic rings. The van der Waals surface area contributed by atoms with Crippen molar-refractivity contribution < 1.29 is 4.42 Å². The van der Waals surface area contributed by atoms with Crippen molar-refractivity contribution in [3.63, 3.8) is 0 Å². The summed E-state index contributed by atoms with van der Waals surface area (Å²) in [5, 5.41) is 0. The van der Waals surface area contributed by atoms with Crippen LogP contribution in [0.4, 0.5) is 0 Å². The van der Waals surface area contributed by atoms with Gasteiger partial charge in [-0.25, -0.2) is 0 Å². The molecule has 0 N–H and O–H groups in total. The van der Waals surface area contributed by atoms with Crippen LogP contribution in [0.3, 0.4) is 0 Å². The predicted octanol–water partition coefficient (Wildman–Crippen LogP) is 4.73. The van der Waals surface area contributed by atoms with Crippen LogP contribution in [0.15, 0.2) is 27.9 Å². The smallest absolute Gasteiger partial charge is 0.104 e. The van der Waals surface area contributed by atoms with E-state index in [4.69, 9.17) is 4.42 Å². The van der Waals surface area contributed by atoms with E-state index in [-0.39, 0.29) is 0 Å². The molecule has 0 saturated carbocycles. The Morgan fingerprint density at radius 3 is 2.64 bits per heavy atom. The highest BCUT2D eigenvalue weighted by Gasteiger charge is 1.95. The molecule has 0 unspecified atom stereocenters. The molecule has 0 aromatic carbocycles. The minimum Gasteiger partial charge on any atom is -0.471 e. The van der Waals surface area contributed by atoms with Crippen LogP contribution in [0, 0.1) is 0 Å². The van der Waals surface area contributed by atoms with Gasteiger partial charge in [0.05, 0.1) is 6.26 Å². The van der Waals surface area contributed by atoms with Gasteiger partial charge in [-0.1, -0.05) is 39.0 Å². The fraction of sp³-hybridized carbons (Fsp3) is 0.667. The monoisotopic (exact) mass is 212 g/mol. The van der Waals surface area contributed by atoms with Gasteiger partial charge in [-0.3, -0.25) is 0 Å². The SMILES string of the molecule is CCCCCCCCSc1ccoc1. The van der Waals surface area contributed by atoms with E-state index in [1.54, 1.807) is 6.26 Å². The summed E-state index contributed by atoms with van der Waals surface area (Å²) in [6.45, 7) is 2.26. The second kappa shape index (κ2) is 7.98. The maximum Gasteiger partial charge on any atom is 0.104 e. The van der Waals surface area contributed by atoms with Gasteiger partial charge in [-0.15, -0.1) is 11.8 Å². The highest BCUT2D eigenvalue weighted by atomic mass is 32.2. The molecule has 14 heavy (non-hydrogen) atoms. The molecule has 0 atom stereocenters. The Kier molecular flexibility index (Phi) is 6.67. The molecule has 1 heterocycles. The summed E-state index contributed by atoms with van der Waals surface area (Å²) in [5.74, 6) is 1.23. The highest BCUT2D eigenvalue weighted by molar-refractivity contribution is 7.99. The number of hydrogen-bond acceptors (Lipinski definition) is 2. The first-order valence-electron chi connectivity index (χ1n) is 5.58. The van der Waals surface area contributed by atoms with Crippen LogP contribution in [0.1, 0.15) is 45.4 Å². The Balaban J connectivity index is 1.85. The van der Waals surface area contributed by atoms with Crippen molar-refractivity contribution in [1.82, 2.24) is 0 Å². The third-order valence-corrected chi connectivity index (χ3v) is 3.32. The van der Waals surface area contributed by atoms with Gasteiger partial charge in [0.25, 0.3) is 0 Å². The quantitative estimate of drug-likeness (QED) is 0.456. The van der Waals surface area contributed by atoms with E-state index in [0.717, 1.165) is 0 Å². The number of rotatable bonds is 8. The molecular formula is C12H20OS. The Hall–Kier alpha value is -0.370. The topological polar surface area (TPSA) is 13.1 Å². The standard InChI is InChI=1S/C12H20OS/c1-2-3-4-5-6-7-10-14-12-8-9-13-11-12/h8-9,11H,2-7,10H2,1H3. The van der Waals surface area contributed by atoms with Gasteiger partial charge in [0.1, 0.15) is 6.26 Å². The van der Waals surface area contributed by atoms with Gasteiger partial charge < -0.3 is 4.42 Å². The molecule has 0 amide bonds. The van der Waals surface area contributed by atoms with Gasteiger partial charge in [0, 0.05) is 4.90 Å². The maximum absolute atomic E-state index is 5.00. The summed E-state index contributed by atoms with van der Waals surface area (Å²) in [6, 6.07) is 2.03. The maximum atomic E-state index is 5.00. The van der Waals surface area contributed by atoms with E-state index < -0.39 is 0 Å². The molecule has 0 saturated heterocycles. The number of unbranched alkanes of at least 4 members (excludes halogenated alkanes) is 5. The van der Waals surface area contributed by atoms with Crippen molar-refractivity contribution in [2.45, 2.75) is 50.3 Å². The van der Waals surface area contributed by atoms with Crippen LogP contribution in [0.5, 0.6) is 0 Å². The lowest BCUT2D eigenvalue weighted by molar-refractivity contribution is 0.562. The molecule has 2 heteroatoms. The largest absolute Gasteiger partial charge is 0.471 e. The molecule has 1 nitrogen and oxygen atoms in total. The second-order valence-electron chi connectivity index (χ2n) is 3.58. The highest BCUT2D eigenvalue weighted by Crippen LogP contribution is 2.19. The van der Waals surface area contributed by atoms with Gasteiger partial charge in [0.15, 0.2) is 0 Å². The van der Waals surface area contributed by atoms with Crippen LogP contribution in [0.2, 0.25) is 0 Å². The van der Waals surface area contributed by atoms with Crippen molar-refractivity contribution in [2.24, 2.45) is 0 Å². The zero-order valence-electron chi connectivity index (χ0n) is 9.00. The Morgan fingerprint density at radius 2 is 1.93 bits per heavy atom. The first-order chi connectivity index (χ1) is 6.93. The Labute approximate surface area is 91.3 Å². The van der Waals surface area contributed by atoms with E-state index in [2.05, 4.69) is 6.92 Å². The van der Waals surface area contributed by atoms with Gasteiger partial charge in [-0.05, 0) is 18.2 Å². The summed E-state index contributed by atoms with van der Waals surface area (Å²) in [6.07, 6.45) is 11.8. The Morgan fingerprint density at radius 1 is 1.14 bits per heavy atom. The third-order valence-electron chi connectivity index (χ3n) is 2.26. The fourth-order valence-electron chi connectivity index (χ4n) is 1.41. The zero-order valence-corrected chi connectivity index (χ0v) is 9.81. The van der Waals surface area contributed by atoms with Crippen molar-refractivity contribution in [3.8, 4) is 0 Å². The lowest BCUT2D eigenvalue weighted by Gasteiger charge is -1.99. The zero-order chi connectivity index (χ0) is 10.1. The van der Waals surface area contributed by atoms with E-state index in [1.165, 1.54) is 49.2 Å². The van der Waals surface area contributed by atoms with Crippen LogP contribution < -0.4 is 0 Å². The number of hydrogen-bond donors (Lipinski definition) is 0. The van der Waals surface area contributed by atoms with Crippen molar-refractivity contribution in [3.05, 3.63) is 18.6 Å². The van der Waals surface area contributed by atoms with Crippen LogP contribution >= 0.6 is 11.8 Å². The Bertz CT molecular complexity index is 206. The molecule has 0 spiro atoms. The van der Waals surface area contributed by atoms with Gasteiger partial charge in [0.2, 0.25) is 0 Å². The molecule has 80 valence electrons. The summed E-state index contributed by atoms with van der Waals surface area (Å²) in [5.41, 5.74) is 0. The van der Waals surface area contributed by atoms with Gasteiger partial charge in [-0.2, -0.15) is 0 Å². The van der Waals surface area contributed by atoms with E-state index >= 15 is 0 Å². The van der Waals surface area contributed by atoms with Crippen molar-refractivity contribution in [1.29, 1.82) is 0 Å². The molecule has 1 aromatic heterocycles. The third kappa shape index (κ3) is 5.38. The molecule has 0 aliphatic heterocycles. The van der Waals surface area contributed by atoms with Crippen molar-refractivity contribution >= 4 is 11.8 Å². The molecular weight excluding hydrogens is 192 g/mol. The normalized spacial score (nSPS) is 10.6. The summed E-state index contributed by atoms with van der Waals surface area (Å²) in [4.78, 5) is 1.26. The number of thioether (sulfide) groups is 1. The average molecular weight is 212 g/mol. The lowest BCUT2D eigenvalue weighted by Crippen LogP contribution is -1.81. The summed E-state index contributed by atoms with van der Waals surface area (Å²) < 4.78 is 5.00. The summed E-state index contributed by atoms with van der Waals surface area (Å²) >= 11 is 1.90.